The second-order valence-electron chi connectivity index (χ2n) is 5.89. The molecular weight excluding hydrogens is 176 g/mol. The third kappa shape index (κ3) is 4.40. The van der Waals surface area contributed by atoms with Crippen molar-refractivity contribution in [2.45, 2.75) is 34.1 Å². The Bertz CT molecular complexity index is 171. The zero-order valence-corrected chi connectivity index (χ0v) is 9.94. The summed E-state index contributed by atoms with van der Waals surface area (Å²) in [6.07, 6.45) is 1.18. The molecule has 0 amide bonds. The van der Waals surface area contributed by atoms with E-state index in [9.17, 15) is 0 Å². The molecule has 0 aromatic heterocycles. The topological polar surface area (TPSA) is 33.3 Å². The molecule has 1 aliphatic rings. The van der Waals surface area contributed by atoms with Gasteiger partial charge in [0.25, 0.3) is 0 Å². The summed E-state index contributed by atoms with van der Waals surface area (Å²) in [6, 6.07) is 0. The third-order valence-corrected chi connectivity index (χ3v) is 2.50. The Kier molecular flexibility index (Phi) is 3.93. The van der Waals surface area contributed by atoms with Crippen LogP contribution in [0.4, 0.5) is 0 Å². The molecule has 0 aromatic rings. The molecule has 1 heterocycles. The molecule has 0 aliphatic carbocycles. The largest absolute Gasteiger partial charge is 0.380 e. The first-order valence-electron chi connectivity index (χ1n) is 5.45. The lowest BCUT2D eigenvalue weighted by molar-refractivity contribution is -0.105. The second kappa shape index (κ2) is 4.60. The average Bonchev–Trinajstić information content (AvgIpc) is 1.98. The summed E-state index contributed by atoms with van der Waals surface area (Å²) in [6.45, 7) is 12.8. The van der Waals surface area contributed by atoms with E-state index in [1.165, 1.54) is 6.42 Å². The lowest BCUT2D eigenvalue weighted by Crippen LogP contribution is -2.45. The van der Waals surface area contributed by atoms with Crippen molar-refractivity contribution in [2.24, 2.45) is 10.8 Å². The fourth-order valence-corrected chi connectivity index (χ4v) is 1.38. The summed E-state index contributed by atoms with van der Waals surface area (Å²) in [5.41, 5.74) is 7.29. The molecule has 1 saturated heterocycles. The summed E-state index contributed by atoms with van der Waals surface area (Å²) in [5, 5.41) is 0. The maximum absolute atomic E-state index is 5.20. The van der Waals surface area contributed by atoms with Crippen LogP contribution in [0.5, 0.6) is 0 Å². The first-order valence-corrected chi connectivity index (χ1v) is 5.45. The first-order chi connectivity index (χ1) is 6.41. The Labute approximate surface area is 87.6 Å². The van der Waals surface area contributed by atoms with Gasteiger partial charge in [0.1, 0.15) is 0 Å². The number of rotatable bonds is 5. The van der Waals surface area contributed by atoms with Crippen LogP contribution in [0.2, 0.25) is 0 Å². The molecule has 2 N–H and O–H groups in total. The minimum atomic E-state index is 0.344. The van der Waals surface area contributed by atoms with Crippen LogP contribution in [0.25, 0.3) is 0 Å². The molecule has 14 heavy (non-hydrogen) atoms. The molecule has 84 valence electrons. The number of hydrogen-bond donors (Lipinski definition) is 2. The van der Waals surface area contributed by atoms with Crippen molar-refractivity contribution in [3.8, 4) is 0 Å². The molecule has 0 radical (unpaired) electrons. The van der Waals surface area contributed by atoms with Crippen LogP contribution in [0, 0.1) is 10.8 Å². The maximum atomic E-state index is 5.20. The van der Waals surface area contributed by atoms with Crippen molar-refractivity contribution >= 4 is 0 Å². The molecule has 3 nitrogen and oxygen atoms in total. The highest BCUT2D eigenvalue weighted by atomic mass is 16.5. The van der Waals surface area contributed by atoms with Crippen LogP contribution in [0.15, 0.2) is 0 Å². The first kappa shape index (κ1) is 12.0. The zero-order valence-electron chi connectivity index (χ0n) is 9.94. The molecule has 1 aliphatic heterocycles. The minimum absolute atomic E-state index is 0.344. The summed E-state index contributed by atoms with van der Waals surface area (Å²) >= 11 is 0. The maximum Gasteiger partial charge on any atom is 0.0542 e. The van der Waals surface area contributed by atoms with Gasteiger partial charge in [-0.05, 0) is 11.8 Å². The number of hydrogen-bond acceptors (Lipinski definition) is 3. The highest BCUT2D eigenvalue weighted by Crippen LogP contribution is 2.29. The van der Waals surface area contributed by atoms with E-state index in [0.29, 0.717) is 10.8 Å². The third-order valence-electron chi connectivity index (χ3n) is 2.50. The van der Waals surface area contributed by atoms with E-state index in [0.717, 1.165) is 26.3 Å². The van der Waals surface area contributed by atoms with E-state index in [1.807, 2.05) is 0 Å². The van der Waals surface area contributed by atoms with Gasteiger partial charge in [-0.3, -0.25) is 10.9 Å². The number of nitrogens with one attached hydrogen (secondary N) is 2. The summed E-state index contributed by atoms with van der Waals surface area (Å²) < 4.78 is 5.20. The average molecular weight is 200 g/mol. The van der Waals surface area contributed by atoms with Crippen molar-refractivity contribution in [3.05, 3.63) is 0 Å². The van der Waals surface area contributed by atoms with Gasteiger partial charge >= 0.3 is 0 Å². The van der Waals surface area contributed by atoms with E-state index >= 15 is 0 Å². The van der Waals surface area contributed by atoms with Crippen molar-refractivity contribution in [2.75, 3.05) is 26.3 Å². The summed E-state index contributed by atoms with van der Waals surface area (Å²) in [5.74, 6) is 0. The molecule has 0 bridgehead atoms. The van der Waals surface area contributed by atoms with Gasteiger partial charge in [0.05, 0.1) is 13.2 Å². The van der Waals surface area contributed by atoms with Crippen molar-refractivity contribution in [1.29, 1.82) is 0 Å². The van der Waals surface area contributed by atoms with Crippen LogP contribution in [-0.2, 0) is 4.74 Å². The molecule has 3 heteroatoms. The zero-order chi connectivity index (χ0) is 10.7. The van der Waals surface area contributed by atoms with Crippen LogP contribution in [0.1, 0.15) is 34.1 Å². The molecule has 0 atom stereocenters. The predicted molar refractivity (Wildman–Crippen MR) is 59.0 cm³/mol. The highest BCUT2D eigenvalue weighted by Gasteiger charge is 2.32. The lowest BCUT2D eigenvalue weighted by Gasteiger charge is -2.38. The molecule has 0 aromatic carbocycles. The SMILES string of the molecule is CC(C)(C)CNNCCC1(C)COC1. The fourth-order valence-electron chi connectivity index (χ4n) is 1.38. The summed E-state index contributed by atoms with van der Waals surface area (Å²) in [4.78, 5) is 0. The van der Waals surface area contributed by atoms with Crippen LogP contribution in [-0.4, -0.2) is 26.3 Å². The molecule has 0 saturated carbocycles. The minimum Gasteiger partial charge on any atom is -0.380 e. The molecular formula is C11H24N2O. The monoisotopic (exact) mass is 200 g/mol. The Morgan fingerprint density at radius 2 is 1.86 bits per heavy atom. The van der Waals surface area contributed by atoms with E-state index in [1.54, 1.807) is 0 Å². The van der Waals surface area contributed by atoms with Crippen LogP contribution in [0.3, 0.4) is 0 Å². The normalized spacial score (nSPS) is 20.6. The Balaban J connectivity index is 1.94. The van der Waals surface area contributed by atoms with E-state index in [2.05, 4.69) is 38.5 Å². The van der Waals surface area contributed by atoms with Gasteiger partial charge in [-0.1, -0.05) is 27.7 Å². The van der Waals surface area contributed by atoms with Crippen molar-refractivity contribution < 1.29 is 4.74 Å². The number of ether oxygens (including phenoxy) is 1. The van der Waals surface area contributed by atoms with Crippen molar-refractivity contribution in [1.82, 2.24) is 10.9 Å². The lowest BCUT2D eigenvalue weighted by atomic mass is 9.85. The fraction of sp³-hybridized carbons (Fsp3) is 1.00. The smallest absolute Gasteiger partial charge is 0.0542 e. The van der Waals surface area contributed by atoms with Gasteiger partial charge in [0, 0.05) is 18.5 Å². The second-order valence-corrected chi connectivity index (χ2v) is 5.89. The standard InChI is InChI=1S/C11H24N2O/c1-10(2,3)7-13-12-6-5-11(4)8-14-9-11/h12-13H,5-9H2,1-4H3. The molecule has 1 fully saturated rings. The van der Waals surface area contributed by atoms with Gasteiger partial charge in [0.2, 0.25) is 0 Å². The van der Waals surface area contributed by atoms with Crippen LogP contribution < -0.4 is 10.9 Å². The highest BCUT2D eigenvalue weighted by molar-refractivity contribution is 4.80. The van der Waals surface area contributed by atoms with Gasteiger partial charge in [-0.15, -0.1) is 0 Å². The van der Waals surface area contributed by atoms with Gasteiger partial charge in [-0.2, -0.15) is 0 Å². The molecule has 1 rings (SSSR count). The quantitative estimate of drug-likeness (QED) is 0.522. The Morgan fingerprint density at radius 3 is 2.29 bits per heavy atom. The Hall–Kier alpha value is -0.120. The molecule has 0 spiro atoms. The molecule has 0 unspecified atom stereocenters. The number of hydrazine groups is 1. The van der Waals surface area contributed by atoms with E-state index in [4.69, 9.17) is 4.74 Å². The van der Waals surface area contributed by atoms with Crippen molar-refractivity contribution in [3.63, 3.8) is 0 Å². The van der Waals surface area contributed by atoms with E-state index in [-0.39, 0.29) is 0 Å². The van der Waals surface area contributed by atoms with Crippen LogP contribution >= 0.6 is 0 Å². The Morgan fingerprint density at radius 1 is 1.21 bits per heavy atom. The predicted octanol–water partition coefficient (Wildman–Crippen LogP) is 1.55. The summed E-state index contributed by atoms with van der Waals surface area (Å²) in [7, 11) is 0. The van der Waals surface area contributed by atoms with Gasteiger partial charge < -0.3 is 4.74 Å². The van der Waals surface area contributed by atoms with E-state index < -0.39 is 0 Å². The van der Waals surface area contributed by atoms with Gasteiger partial charge in [-0.25, -0.2) is 0 Å². The van der Waals surface area contributed by atoms with Gasteiger partial charge in [0.15, 0.2) is 0 Å².